The van der Waals surface area contributed by atoms with E-state index in [0.29, 0.717) is 28.1 Å². The van der Waals surface area contributed by atoms with Crippen LogP contribution in [0.5, 0.6) is 17.2 Å². The number of ether oxygens (including phenoxy) is 3. The molecule has 28 heavy (non-hydrogen) atoms. The first-order chi connectivity index (χ1) is 13.5. The topological polar surface area (TPSA) is 81.7 Å². The van der Waals surface area contributed by atoms with Gasteiger partial charge in [-0.15, -0.1) is 11.3 Å². The highest BCUT2D eigenvalue weighted by Gasteiger charge is 2.15. The zero-order chi connectivity index (χ0) is 20.1. The highest BCUT2D eigenvalue weighted by atomic mass is 79.9. The molecule has 7 nitrogen and oxygen atoms in total. The van der Waals surface area contributed by atoms with E-state index in [1.54, 1.807) is 12.1 Å². The van der Waals surface area contributed by atoms with Crippen molar-refractivity contribution in [2.45, 2.75) is 0 Å². The van der Waals surface area contributed by atoms with Crippen molar-refractivity contribution in [3.8, 4) is 28.5 Å². The van der Waals surface area contributed by atoms with Crippen LogP contribution < -0.4 is 24.8 Å². The average molecular weight is 464 g/mol. The molecule has 9 heteroatoms. The van der Waals surface area contributed by atoms with Crippen molar-refractivity contribution in [1.82, 2.24) is 4.98 Å². The van der Waals surface area contributed by atoms with Gasteiger partial charge in [0.1, 0.15) is 0 Å². The fraction of sp³-hybridized carbons (Fsp3) is 0.158. The Labute approximate surface area is 174 Å². The van der Waals surface area contributed by atoms with Gasteiger partial charge in [0.2, 0.25) is 5.75 Å². The molecule has 0 bridgehead atoms. The number of anilines is 2. The van der Waals surface area contributed by atoms with E-state index in [9.17, 15) is 4.79 Å². The molecule has 0 aliphatic carbocycles. The second-order valence-corrected chi connectivity index (χ2v) is 7.31. The number of carbonyl (C=O) groups is 1. The minimum Gasteiger partial charge on any atom is -0.493 e. The van der Waals surface area contributed by atoms with Crippen molar-refractivity contribution < 1.29 is 19.0 Å². The number of urea groups is 1. The molecule has 0 aliphatic heterocycles. The second-order valence-electron chi connectivity index (χ2n) is 5.54. The number of amides is 2. The van der Waals surface area contributed by atoms with Crippen LogP contribution in [-0.4, -0.2) is 32.3 Å². The third-order valence-electron chi connectivity index (χ3n) is 3.79. The van der Waals surface area contributed by atoms with Crippen molar-refractivity contribution in [2.24, 2.45) is 0 Å². The van der Waals surface area contributed by atoms with Crippen LogP contribution in [0.25, 0.3) is 11.3 Å². The van der Waals surface area contributed by atoms with Gasteiger partial charge in [0.05, 0.1) is 32.7 Å². The van der Waals surface area contributed by atoms with Gasteiger partial charge in [0.25, 0.3) is 0 Å². The first-order valence-corrected chi connectivity index (χ1v) is 9.80. The van der Waals surface area contributed by atoms with Gasteiger partial charge >= 0.3 is 6.03 Å². The molecule has 1 heterocycles. The fourth-order valence-electron chi connectivity index (χ4n) is 2.50. The van der Waals surface area contributed by atoms with Crippen LogP contribution in [0.3, 0.4) is 0 Å². The highest BCUT2D eigenvalue weighted by Crippen LogP contribution is 2.40. The number of rotatable bonds is 6. The number of halogens is 1. The molecule has 1 aromatic heterocycles. The first kappa shape index (κ1) is 20.0. The molecule has 3 rings (SSSR count). The van der Waals surface area contributed by atoms with E-state index in [0.717, 1.165) is 15.7 Å². The summed E-state index contributed by atoms with van der Waals surface area (Å²) in [5.41, 5.74) is 2.26. The van der Waals surface area contributed by atoms with E-state index in [1.165, 1.54) is 32.7 Å². The summed E-state index contributed by atoms with van der Waals surface area (Å²) in [6.07, 6.45) is 0. The van der Waals surface area contributed by atoms with Crippen LogP contribution in [0.1, 0.15) is 0 Å². The molecule has 0 saturated carbocycles. The lowest BCUT2D eigenvalue weighted by Gasteiger charge is -2.14. The van der Waals surface area contributed by atoms with Gasteiger partial charge < -0.3 is 19.5 Å². The lowest BCUT2D eigenvalue weighted by molar-refractivity contribution is 0.262. The van der Waals surface area contributed by atoms with Gasteiger partial charge in [-0.2, -0.15) is 0 Å². The summed E-state index contributed by atoms with van der Waals surface area (Å²) >= 11 is 4.75. The molecule has 0 aliphatic rings. The summed E-state index contributed by atoms with van der Waals surface area (Å²) in [5.74, 6) is 1.35. The monoisotopic (exact) mass is 463 g/mol. The Morgan fingerprint density at radius 3 is 2.21 bits per heavy atom. The largest absolute Gasteiger partial charge is 0.493 e. The van der Waals surface area contributed by atoms with Gasteiger partial charge in [0, 0.05) is 27.5 Å². The molecule has 146 valence electrons. The standard InChI is InChI=1S/C19H18BrN3O4S/c1-25-15-8-13(9-16(26-2)17(15)27-3)21-18(24)23-19-22-14(10-28-19)11-4-6-12(20)7-5-11/h4-10H,1-3H3,(H2,21,22,23,24). The lowest BCUT2D eigenvalue weighted by Crippen LogP contribution is -2.19. The molecular formula is C19H18BrN3O4S. The zero-order valence-corrected chi connectivity index (χ0v) is 17.8. The summed E-state index contributed by atoms with van der Waals surface area (Å²) in [5, 5.41) is 7.85. The molecule has 0 fully saturated rings. The van der Waals surface area contributed by atoms with E-state index in [2.05, 4.69) is 31.5 Å². The van der Waals surface area contributed by atoms with Gasteiger partial charge in [-0.25, -0.2) is 9.78 Å². The minimum atomic E-state index is -0.425. The van der Waals surface area contributed by atoms with Gasteiger partial charge in [-0.3, -0.25) is 5.32 Å². The van der Waals surface area contributed by atoms with Gasteiger partial charge in [-0.05, 0) is 12.1 Å². The van der Waals surface area contributed by atoms with E-state index in [4.69, 9.17) is 14.2 Å². The van der Waals surface area contributed by atoms with Crippen molar-refractivity contribution in [2.75, 3.05) is 32.0 Å². The molecule has 0 unspecified atom stereocenters. The molecule has 0 radical (unpaired) electrons. The summed E-state index contributed by atoms with van der Waals surface area (Å²) < 4.78 is 16.9. The number of aromatic nitrogens is 1. The summed E-state index contributed by atoms with van der Waals surface area (Å²) in [7, 11) is 4.55. The maximum atomic E-state index is 12.4. The highest BCUT2D eigenvalue weighted by molar-refractivity contribution is 9.10. The molecule has 0 spiro atoms. The van der Waals surface area contributed by atoms with E-state index < -0.39 is 6.03 Å². The Bertz CT molecular complexity index is 951. The number of methoxy groups -OCH3 is 3. The predicted molar refractivity (Wildman–Crippen MR) is 114 cm³/mol. The maximum Gasteiger partial charge on any atom is 0.325 e. The summed E-state index contributed by atoms with van der Waals surface area (Å²) in [4.78, 5) is 16.8. The first-order valence-electron chi connectivity index (χ1n) is 8.13. The van der Waals surface area contributed by atoms with Crippen LogP contribution in [0, 0.1) is 0 Å². The van der Waals surface area contributed by atoms with Crippen LogP contribution in [0.2, 0.25) is 0 Å². The Morgan fingerprint density at radius 2 is 1.64 bits per heavy atom. The van der Waals surface area contributed by atoms with Crippen LogP contribution in [0.15, 0.2) is 46.3 Å². The second kappa shape index (κ2) is 8.94. The lowest BCUT2D eigenvalue weighted by atomic mass is 10.2. The van der Waals surface area contributed by atoms with E-state index >= 15 is 0 Å². The van der Waals surface area contributed by atoms with Crippen LogP contribution in [0.4, 0.5) is 15.6 Å². The molecular weight excluding hydrogens is 446 g/mol. The molecule has 0 saturated heterocycles. The number of benzene rings is 2. The molecule has 2 amide bonds. The minimum absolute atomic E-state index is 0.425. The third-order valence-corrected chi connectivity index (χ3v) is 5.07. The van der Waals surface area contributed by atoms with E-state index in [-0.39, 0.29) is 0 Å². The Balaban J connectivity index is 1.72. The normalized spacial score (nSPS) is 10.3. The third kappa shape index (κ3) is 4.55. The number of hydrogen-bond donors (Lipinski definition) is 2. The molecule has 2 aromatic carbocycles. The van der Waals surface area contributed by atoms with Crippen molar-refractivity contribution in [3.05, 3.63) is 46.3 Å². The van der Waals surface area contributed by atoms with Crippen molar-refractivity contribution in [3.63, 3.8) is 0 Å². The quantitative estimate of drug-likeness (QED) is 0.521. The molecule has 0 atom stereocenters. The SMILES string of the molecule is COc1cc(NC(=O)Nc2nc(-c3ccc(Br)cc3)cs2)cc(OC)c1OC. The Morgan fingerprint density at radius 1 is 1.00 bits per heavy atom. The van der Waals surface area contributed by atoms with E-state index in [1.807, 2.05) is 29.6 Å². The zero-order valence-electron chi connectivity index (χ0n) is 15.4. The molecule has 2 N–H and O–H groups in total. The Kier molecular flexibility index (Phi) is 6.37. The number of carbonyl (C=O) groups excluding carboxylic acids is 1. The summed E-state index contributed by atoms with van der Waals surface area (Å²) in [6, 6.07) is 10.7. The van der Waals surface area contributed by atoms with Crippen molar-refractivity contribution in [1.29, 1.82) is 0 Å². The Hall–Kier alpha value is -2.78. The number of hydrogen-bond acceptors (Lipinski definition) is 6. The number of thiazole rings is 1. The van der Waals surface area contributed by atoms with Crippen LogP contribution in [-0.2, 0) is 0 Å². The van der Waals surface area contributed by atoms with Crippen LogP contribution >= 0.6 is 27.3 Å². The molecule has 3 aromatic rings. The van der Waals surface area contributed by atoms with Crippen molar-refractivity contribution >= 4 is 44.1 Å². The fourth-order valence-corrected chi connectivity index (χ4v) is 3.48. The van der Waals surface area contributed by atoms with Gasteiger partial charge in [-0.1, -0.05) is 28.1 Å². The smallest absolute Gasteiger partial charge is 0.325 e. The average Bonchev–Trinajstić information content (AvgIpc) is 3.15. The number of nitrogens with zero attached hydrogens (tertiary/aromatic N) is 1. The van der Waals surface area contributed by atoms with Gasteiger partial charge in [0.15, 0.2) is 16.6 Å². The number of nitrogens with one attached hydrogen (secondary N) is 2. The maximum absolute atomic E-state index is 12.4. The predicted octanol–water partition coefficient (Wildman–Crippen LogP) is 5.24. The summed E-state index contributed by atoms with van der Waals surface area (Å²) in [6.45, 7) is 0.